The molecule has 31 heavy (non-hydrogen) atoms. The van der Waals surface area contributed by atoms with Crippen molar-refractivity contribution in [3.8, 4) is 0 Å². The monoisotopic (exact) mass is 411 g/mol. The van der Waals surface area contributed by atoms with Crippen molar-refractivity contribution >= 4 is 22.9 Å². The zero-order valence-corrected chi connectivity index (χ0v) is 17.6. The molecule has 6 nitrogen and oxygen atoms in total. The van der Waals surface area contributed by atoms with E-state index < -0.39 is 0 Å². The van der Waals surface area contributed by atoms with E-state index in [0.717, 1.165) is 49.6 Å². The Morgan fingerprint density at radius 3 is 2.42 bits per heavy atom. The third kappa shape index (κ3) is 4.49. The molecule has 1 N–H and O–H groups in total. The van der Waals surface area contributed by atoms with Gasteiger partial charge in [0.25, 0.3) is 0 Å². The number of quaternary nitrogens is 1. The van der Waals surface area contributed by atoms with Gasteiger partial charge in [0.05, 0.1) is 50.9 Å². The number of benzene rings is 2. The van der Waals surface area contributed by atoms with Gasteiger partial charge >= 0.3 is 0 Å². The maximum Gasteiger partial charge on any atom is 0.163 e. The van der Waals surface area contributed by atoms with Crippen molar-refractivity contribution in [2.45, 2.75) is 6.54 Å². The van der Waals surface area contributed by atoms with E-state index in [-0.39, 0.29) is 0 Å². The van der Waals surface area contributed by atoms with E-state index >= 15 is 0 Å². The molecule has 0 amide bonds. The lowest BCUT2D eigenvalue weighted by atomic mass is 10.2. The predicted octanol–water partition coefficient (Wildman–Crippen LogP) is 2.29. The Balaban J connectivity index is 1.24. The lowest BCUT2D eigenvalue weighted by Crippen LogP contribution is -3.14. The first kappa shape index (κ1) is 19.5. The van der Waals surface area contributed by atoms with Crippen LogP contribution < -0.4 is 9.80 Å². The highest BCUT2D eigenvalue weighted by atomic mass is 15.3. The average Bonchev–Trinajstić information content (AvgIpc) is 3.24. The number of fused-ring (bicyclic) bond motifs is 1. The van der Waals surface area contributed by atoms with Crippen molar-refractivity contribution in [2.75, 3.05) is 37.6 Å². The molecule has 6 heteroatoms. The Morgan fingerprint density at radius 2 is 1.65 bits per heavy atom. The summed E-state index contributed by atoms with van der Waals surface area (Å²) in [5.74, 6) is 1.00. The van der Waals surface area contributed by atoms with Gasteiger partial charge in [0, 0.05) is 0 Å². The van der Waals surface area contributed by atoms with Crippen LogP contribution in [0.1, 0.15) is 11.1 Å². The van der Waals surface area contributed by atoms with Gasteiger partial charge in [0.2, 0.25) is 0 Å². The molecule has 0 spiro atoms. The van der Waals surface area contributed by atoms with Crippen LogP contribution in [0.5, 0.6) is 0 Å². The molecule has 1 fully saturated rings. The highest BCUT2D eigenvalue weighted by molar-refractivity contribution is 5.86. The van der Waals surface area contributed by atoms with Crippen molar-refractivity contribution in [3.63, 3.8) is 0 Å². The van der Waals surface area contributed by atoms with E-state index in [2.05, 4.69) is 86.7 Å². The summed E-state index contributed by atoms with van der Waals surface area (Å²) in [6.45, 7) is 5.95. The van der Waals surface area contributed by atoms with Crippen molar-refractivity contribution < 1.29 is 4.90 Å². The summed E-state index contributed by atoms with van der Waals surface area (Å²) >= 11 is 0. The summed E-state index contributed by atoms with van der Waals surface area (Å²) in [5, 5.41) is 5.64. The minimum atomic E-state index is 0.715. The quantitative estimate of drug-likeness (QED) is 0.529. The van der Waals surface area contributed by atoms with Crippen LogP contribution in [-0.4, -0.2) is 52.5 Å². The van der Waals surface area contributed by atoms with E-state index in [1.165, 1.54) is 11.1 Å². The molecule has 3 heterocycles. The van der Waals surface area contributed by atoms with E-state index in [1.54, 1.807) is 11.2 Å². The molecule has 1 aliphatic heterocycles. The number of piperazine rings is 1. The van der Waals surface area contributed by atoms with Gasteiger partial charge in [-0.25, -0.2) is 14.6 Å². The van der Waals surface area contributed by atoms with Crippen molar-refractivity contribution in [3.05, 3.63) is 90.4 Å². The largest absolute Gasteiger partial charge is 0.345 e. The van der Waals surface area contributed by atoms with Gasteiger partial charge in [-0.2, -0.15) is 5.10 Å². The van der Waals surface area contributed by atoms with Crippen molar-refractivity contribution in [2.24, 2.45) is 0 Å². The topological polar surface area (TPSA) is 51.3 Å². The summed E-state index contributed by atoms with van der Waals surface area (Å²) in [6.07, 6.45) is 8.09. The molecule has 5 rings (SSSR count). The summed E-state index contributed by atoms with van der Waals surface area (Å²) < 4.78 is 1.96. The Morgan fingerprint density at radius 1 is 0.903 bits per heavy atom. The second-order valence-electron chi connectivity index (χ2n) is 7.98. The first-order chi connectivity index (χ1) is 15.4. The fourth-order valence-electron chi connectivity index (χ4n) is 4.17. The molecule has 0 bridgehead atoms. The van der Waals surface area contributed by atoms with E-state index in [1.807, 2.05) is 16.9 Å². The third-order valence-corrected chi connectivity index (χ3v) is 5.87. The second-order valence-corrected chi connectivity index (χ2v) is 7.98. The molecule has 4 aromatic rings. The van der Waals surface area contributed by atoms with Gasteiger partial charge < -0.3 is 9.80 Å². The molecular weight excluding hydrogens is 384 g/mol. The average molecular weight is 412 g/mol. The minimum Gasteiger partial charge on any atom is -0.345 e. The van der Waals surface area contributed by atoms with Crippen molar-refractivity contribution in [1.82, 2.24) is 19.7 Å². The highest BCUT2D eigenvalue weighted by Gasteiger charge is 2.22. The van der Waals surface area contributed by atoms with Gasteiger partial charge in [0.1, 0.15) is 12.1 Å². The number of nitrogens with one attached hydrogen (secondary N) is 1. The lowest BCUT2D eigenvalue weighted by molar-refractivity contribution is -0.894. The van der Waals surface area contributed by atoms with Gasteiger partial charge in [-0.1, -0.05) is 66.7 Å². The summed E-state index contributed by atoms with van der Waals surface area (Å²) in [4.78, 5) is 13.1. The molecule has 0 aliphatic carbocycles. The maximum absolute atomic E-state index is 4.62. The maximum atomic E-state index is 4.62. The number of anilines is 1. The van der Waals surface area contributed by atoms with Crippen LogP contribution in [0.4, 0.5) is 5.82 Å². The normalized spacial score (nSPS) is 15.2. The Kier molecular flexibility index (Phi) is 5.71. The van der Waals surface area contributed by atoms with Crippen LogP contribution in [0.2, 0.25) is 0 Å². The zero-order valence-electron chi connectivity index (χ0n) is 17.6. The summed E-state index contributed by atoms with van der Waals surface area (Å²) in [5.41, 5.74) is 3.37. The van der Waals surface area contributed by atoms with Crippen LogP contribution in [0.15, 0.2) is 79.3 Å². The molecule has 0 saturated carbocycles. The molecule has 156 valence electrons. The van der Waals surface area contributed by atoms with Crippen molar-refractivity contribution in [1.29, 1.82) is 0 Å². The number of hydrogen-bond acceptors (Lipinski definition) is 4. The SMILES string of the molecule is C(=C\c1ccccc1)/C[NH+]1CCN(c2ncnc3c2cnn3Cc2ccccc2)CC1. The Hall–Kier alpha value is -3.51. The lowest BCUT2D eigenvalue weighted by Gasteiger charge is -2.32. The van der Waals surface area contributed by atoms with Gasteiger partial charge in [-0.05, 0) is 17.2 Å². The Labute approximate surface area is 182 Å². The summed E-state index contributed by atoms with van der Waals surface area (Å²) in [7, 11) is 0. The number of aromatic nitrogens is 4. The van der Waals surface area contributed by atoms with Crippen LogP contribution in [-0.2, 0) is 6.54 Å². The smallest absolute Gasteiger partial charge is 0.163 e. The second kappa shape index (κ2) is 9.10. The van der Waals surface area contributed by atoms with Gasteiger partial charge in [0.15, 0.2) is 5.65 Å². The standard InChI is InChI=1S/C25H26N6/c1-3-8-21(9-4-1)12-7-13-29-14-16-30(17-15-29)24-23-18-28-31(25(23)27-20-26-24)19-22-10-5-2-6-11-22/h1-12,18,20H,13-17,19H2/p+1/b12-7+. The van der Waals surface area contributed by atoms with Gasteiger partial charge in [-0.3, -0.25) is 0 Å². The third-order valence-electron chi connectivity index (χ3n) is 5.87. The summed E-state index contributed by atoms with van der Waals surface area (Å²) in [6, 6.07) is 20.9. The molecule has 1 saturated heterocycles. The number of rotatable bonds is 6. The first-order valence-corrected chi connectivity index (χ1v) is 10.9. The van der Waals surface area contributed by atoms with Crippen LogP contribution in [0.3, 0.4) is 0 Å². The number of nitrogens with zero attached hydrogens (tertiary/aromatic N) is 5. The molecule has 2 aromatic heterocycles. The molecule has 2 aromatic carbocycles. The van der Waals surface area contributed by atoms with E-state index in [4.69, 9.17) is 0 Å². The zero-order chi connectivity index (χ0) is 20.9. The molecular formula is C25H27N6+. The number of hydrogen-bond donors (Lipinski definition) is 1. The molecule has 0 radical (unpaired) electrons. The minimum absolute atomic E-state index is 0.715. The fourth-order valence-corrected chi connectivity index (χ4v) is 4.17. The predicted molar refractivity (Wildman–Crippen MR) is 124 cm³/mol. The van der Waals surface area contributed by atoms with E-state index in [0.29, 0.717) is 6.54 Å². The van der Waals surface area contributed by atoms with E-state index in [9.17, 15) is 0 Å². The molecule has 1 aliphatic rings. The van der Waals surface area contributed by atoms with Crippen LogP contribution in [0.25, 0.3) is 17.1 Å². The van der Waals surface area contributed by atoms with Gasteiger partial charge in [-0.15, -0.1) is 0 Å². The Bertz CT molecular complexity index is 1140. The molecule has 0 atom stereocenters. The van der Waals surface area contributed by atoms with Crippen LogP contribution >= 0.6 is 0 Å². The fraction of sp³-hybridized carbons (Fsp3) is 0.240. The van der Waals surface area contributed by atoms with Crippen LogP contribution in [0, 0.1) is 0 Å². The first-order valence-electron chi connectivity index (χ1n) is 10.9. The molecule has 0 unspecified atom stereocenters. The highest BCUT2D eigenvalue weighted by Crippen LogP contribution is 2.23.